The molecule has 3 aromatic rings. The van der Waals surface area contributed by atoms with Gasteiger partial charge in [0.15, 0.2) is 5.78 Å². The number of carbonyl (C=O) groups excluding carboxylic acids is 1. The predicted molar refractivity (Wildman–Crippen MR) is 144 cm³/mol. The van der Waals surface area contributed by atoms with Crippen molar-refractivity contribution < 1.29 is 9.90 Å². The van der Waals surface area contributed by atoms with Gasteiger partial charge in [-0.15, -0.1) is 0 Å². The average molecular weight is 470 g/mol. The van der Waals surface area contributed by atoms with Gasteiger partial charge in [-0.1, -0.05) is 98.8 Å². The van der Waals surface area contributed by atoms with E-state index < -0.39 is 5.60 Å². The SMILES string of the molecule is CC(C)Cc1ccc(C(=O)CCCCN2CCC(C(O)(c3ccccc3)c3ccccc3)C2)cc1. The van der Waals surface area contributed by atoms with Crippen LogP contribution in [0.1, 0.15) is 66.6 Å². The molecule has 184 valence electrons. The van der Waals surface area contributed by atoms with E-state index in [2.05, 4.69) is 30.9 Å². The molecule has 1 fully saturated rings. The summed E-state index contributed by atoms with van der Waals surface area (Å²) in [6.07, 6.45) is 4.50. The van der Waals surface area contributed by atoms with Gasteiger partial charge in [-0.25, -0.2) is 0 Å². The molecule has 0 aliphatic carbocycles. The second-order valence-electron chi connectivity index (χ2n) is 10.5. The molecular weight excluding hydrogens is 430 g/mol. The number of carbonyl (C=O) groups is 1. The van der Waals surface area contributed by atoms with Crippen molar-refractivity contribution in [2.45, 2.75) is 51.6 Å². The van der Waals surface area contributed by atoms with E-state index in [1.165, 1.54) is 5.56 Å². The molecule has 0 amide bonds. The fourth-order valence-electron chi connectivity index (χ4n) is 5.46. The third-order valence-electron chi connectivity index (χ3n) is 7.34. The van der Waals surface area contributed by atoms with Crippen LogP contribution in [0.5, 0.6) is 0 Å². The summed E-state index contributed by atoms with van der Waals surface area (Å²) in [6.45, 7) is 7.25. The Hall–Kier alpha value is -2.75. The molecule has 0 aromatic heterocycles. The molecule has 1 unspecified atom stereocenters. The van der Waals surface area contributed by atoms with Gasteiger partial charge in [0.25, 0.3) is 0 Å². The zero-order chi connectivity index (χ0) is 24.7. The summed E-state index contributed by atoms with van der Waals surface area (Å²) in [4.78, 5) is 15.1. The summed E-state index contributed by atoms with van der Waals surface area (Å²) in [5.74, 6) is 0.999. The highest BCUT2D eigenvalue weighted by molar-refractivity contribution is 5.96. The van der Waals surface area contributed by atoms with E-state index in [-0.39, 0.29) is 11.7 Å². The lowest BCUT2D eigenvalue weighted by atomic mass is 9.75. The highest BCUT2D eigenvalue weighted by Crippen LogP contribution is 2.41. The van der Waals surface area contributed by atoms with Crippen molar-refractivity contribution in [3.63, 3.8) is 0 Å². The Morgan fingerprint density at radius 2 is 1.51 bits per heavy atom. The number of rotatable bonds is 11. The van der Waals surface area contributed by atoms with E-state index in [1.54, 1.807) is 0 Å². The topological polar surface area (TPSA) is 40.5 Å². The second-order valence-corrected chi connectivity index (χ2v) is 10.5. The first-order chi connectivity index (χ1) is 17.0. The van der Waals surface area contributed by atoms with Crippen molar-refractivity contribution in [3.8, 4) is 0 Å². The molecule has 1 heterocycles. The molecule has 35 heavy (non-hydrogen) atoms. The molecule has 3 nitrogen and oxygen atoms in total. The van der Waals surface area contributed by atoms with Crippen molar-refractivity contribution in [3.05, 3.63) is 107 Å². The Balaban J connectivity index is 1.29. The minimum absolute atomic E-state index is 0.137. The lowest BCUT2D eigenvalue weighted by molar-refractivity contribution is 0.0199. The van der Waals surface area contributed by atoms with Crippen LogP contribution in [0.2, 0.25) is 0 Å². The largest absolute Gasteiger partial charge is 0.380 e. The van der Waals surface area contributed by atoms with Crippen molar-refractivity contribution in [2.24, 2.45) is 11.8 Å². The van der Waals surface area contributed by atoms with Gasteiger partial charge in [-0.05, 0) is 61.4 Å². The van der Waals surface area contributed by atoms with Crippen molar-refractivity contribution in [1.29, 1.82) is 0 Å². The number of likely N-dealkylation sites (tertiary alicyclic amines) is 1. The maximum atomic E-state index is 12.6. The standard InChI is InChI=1S/C32H39NO2/c1-25(2)23-26-16-18-27(19-17-26)31(34)15-9-10-21-33-22-20-30(24-33)32(35,28-11-5-3-6-12-28)29-13-7-4-8-14-29/h3-8,11-14,16-19,25,30,35H,9-10,15,20-24H2,1-2H3. The Morgan fingerprint density at radius 3 is 2.09 bits per heavy atom. The van der Waals surface area contributed by atoms with Crippen LogP contribution in [-0.2, 0) is 12.0 Å². The normalized spacial score (nSPS) is 16.6. The lowest BCUT2D eigenvalue weighted by Crippen LogP contribution is -2.38. The molecule has 1 aliphatic rings. The van der Waals surface area contributed by atoms with Crippen LogP contribution in [0.15, 0.2) is 84.9 Å². The summed E-state index contributed by atoms with van der Waals surface area (Å²) >= 11 is 0. The van der Waals surface area contributed by atoms with E-state index in [0.29, 0.717) is 12.3 Å². The van der Waals surface area contributed by atoms with E-state index >= 15 is 0 Å². The Kier molecular flexibility index (Phi) is 8.54. The molecule has 1 N–H and O–H groups in total. The smallest absolute Gasteiger partial charge is 0.162 e. The van der Waals surface area contributed by atoms with Gasteiger partial charge in [-0.2, -0.15) is 0 Å². The number of ketones is 1. The fraction of sp³-hybridized carbons (Fsp3) is 0.406. The van der Waals surface area contributed by atoms with Gasteiger partial charge in [0.1, 0.15) is 5.60 Å². The van der Waals surface area contributed by atoms with E-state index in [9.17, 15) is 9.90 Å². The van der Waals surface area contributed by atoms with E-state index in [1.807, 2.05) is 72.8 Å². The maximum absolute atomic E-state index is 12.6. The first-order valence-electron chi connectivity index (χ1n) is 13.1. The average Bonchev–Trinajstić information content (AvgIpc) is 3.36. The second kappa shape index (κ2) is 11.8. The zero-order valence-electron chi connectivity index (χ0n) is 21.2. The number of nitrogens with zero attached hydrogens (tertiary/aromatic N) is 1. The summed E-state index contributed by atoms with van der Waals surface area (Å²) in [6, 6.07) is 28.3. The monoisotopic (exact) mass is 469 g/mol. The highest BCUT2D eigenvalue weighted by Gasteiger charge is 2.43. The first-order valence-corrected chi connectivity index (χ1v) is 13.1. The highest BCUT2D eigenvalue weighted by atomic mass is 16.3. The molecule has 0 spiro atoms. The molecule has 4 rings (SSSR count). The third kappa shape index (κ3) is 6.28. The predicted octanol–water partition coefficient (Wildman–Crippen LogP) is 6.50. The Morgan fingerprint density at radius 1 is 0.914 bits per heavy atom. The van der Waals surface area contributed by atoms with Gasteiger partial charge in [0.05, 0.1) is 0 Å². The maximum Gasteiger partial charge on any atom is 0.162 e. The fourth-order valence-corrected chi connectivity index (χ4v) is 5.46. The van der Waals surface area contributed by atoms with Crippen LogP contribution in [0, 0.1) is 11.8 Å². The number of hydrogen-bond donors (Lipinski definition) is 1. The quantitative estimate of drug-likeness (QED) is 0.257. The molecular formula is C32H39NO2. The third-order valence-corrected chi connectivity index (χ3v) is 7.34. The first kappa shape index (κ1) is 25.3. The molecule has 0 saturated carbocycles. The number of unbranched alkanes of at least 4 members (excludes halogenated alkanes) is 1. The van der Waals surface area contributed by atoms with Crippen LogP contribution in [0.4, 0.5) is 0 Å². The molecule has 1 atom stereocenters. The van der Waals surface area contributed by atoms with Crippen LogP contribution in [0.25, 0.3) is 0 Å². The molecule has 3 heteroatoms. The zero-order valence-corrected chi connectivity index (χ0v) is 21.2. The Bertz CT molecular complexity index is 1020. The summed E-state index contributed by atoms with van der Waals surface area (Å²) < 4.78 is 0. The molecule has 0 bridgehead atoms. The number of aliphatic hydroxyl groups is 1. The molecule has 0 radical (unpaired) electrons. The van der Waals surface area contributed by atoms with Gasteiger partial charge in [0, 0.05) is 24.4 Å². The van der Waals surface area contributed by atoms with Crippen LogP contribution >= 0.6 is 0 Å². The summed E-state index contributed by atoms with van der Waals surface area (Å²) in [7, 11) is 0. The minimum Gasteiger partial charge on any atom is -0.380 e. The van der Waals surface area contributed by atoms with E-state index in [0.717, 1.165) is 62.0 Å². The van der Waals surface area contributed by atoms with Crippen molar-refractivity contribution >= 4 is 5.78 Å². The minimum atomic E-state index is -0.991. The Labute approximate surface area is 210 Å². The summed E-state index contributed by atoms with van der Waals surface area (Å²) in [5.41, 5.74) is 3.06. The number of Topliss-reactive ketones (excluding diaryl/α,β-unsaturated/α-hetero) is 1. The van der Waals surface area contributed by atoms with Crippen LogP contribution in [0.3, 0.4) is 0 Å². The van der Waals surface area contributed by atoms with Gasteiger partial charge < -0.3 is 10.0 Å². The van der Waals surface area contributed by atoms with E-state index in [4.69, 9.17) is 0 Å². The number of hydrogen-bond acceptors (Lipinski definition) is 3. The van der Waals surface area contributed by atoms with Crippen LogP contribution in [-0.4, -0.2) is 35.4 Å². The molecule has 1 aliphatic heterocycles. The van der Waals surface area contributed by atoms with Crippen molar-refractivity contribution in [1.82, 2.24) is 4.90 Å². The summed E-state index contributed by atoms with van der Waals surface area (Å²) in [5, 5.41) is 12.0. The van der Waals surface area contributed by atoms with Gasteiger partial charge >= 0.3 is 0 Å². The lowest BCUT2D eigenvalue weighted by Gasteiger charge is -2.35. The van der Waals surface area contributed by atoms with Crippen molar-refractivity contribution in [2.75, 3.05) is 19.6 Å². The number of benzene rings is 3. The van der Waals surface area contributed by atoms with Gasteiger partial charge in [-0.3, -0.25) is 4.79 Å². The van der Waals surface area contributed by atoms with Crippen LogP contribution < -0.4 is 0 Å². The van der Waals surface area contributed by atoms with Gasteiger partial charge in [0.2, 0.25) is 0 Å². The molecule has 3 aromatic carbocycles. The molecule has 1 saturated heterocycles.